The summed E-state index contributed by atoms with van der Waals surface area (Å²) in [5, 5.41) is 2.66. The van der Waals surface area contributed by atoms with Crippen LogP contribution < -0.4 is 9.80 Å². The van der Waals surface area contributed by atoms with Crippen LogP contribution in [0.15, 0.2) is 146 Å². The van der Waals surface area contributed by atoms with Gasteiger partial charge >= 0.3 is 0 Å². The van der Waals surface area contributed by atoms with E-state index in [0.717, 1.165) is 25.8 Å². The molecule has 2 heteroatoms. The Labute approximate surface area is 302 Å². The van der Waals surface area contributed by atoms with E-state index in [0.29, 0.717) is 12.0 Å². The Kier molecular flexibility index (Phi) is 7.10. The van der Waals surface area contributed by atoms with E-state index >= 15 is 0 Å². The van der Waals surface area contributed by atoms with Crippen LogP contribution in [-0.4, -0.2) is 12.6 Å². The maximum atomic E-state index is 2.65. The van der Waals surface area contributed by atoms with Gasteiger partial charge in [-0.1, -0.05) is 129 Å². The van der Waals surface area contributed by atoms with E-state index in [-0.39, 0.29) is 5.41 Å². The molecule has 4 aliphatic rings. The van der Waals surface area contributed by atoms with Crippen LogP contribution in [0.2, 0.25) is 0 Å². The summed E-state index contributed by atoms with van der Waals surface area (Å²) in [4.78, 5) is 5.13. The van der Waals surface area contributed by atoms with Crippen molar-refractivity contribution in [3.05, 3.63) is 179 Å². The first-order chi connectivity index (χ1) is 25.0. The number of anilines is 4. The van der Waals surface area contributed by atoms with Crippen molar-refractivity contribution in [2.75, 3.05) is 16.3 Å². The lowest BCUT2D eigenvalue weighted by Gasteiger charge is -2.41. The first-order valence-corrected chi connectivity index (χ1v) is 18.9. The summed E-state index contributed by atoms with van der Waals surface area (Å²) in [6, 6.07) is 46.6. The van der Waals surface area contributed by atoms with Gasteiger partial charge in [0, 0.05) is 46.7 Å². The largest absolute Gasteiger partial charge is 0.364 e. The summed E-state index contributed by atoms with van der Waals surface area (Å²) in [7, 11) is 0. The molecule has 2 heterocycles. The van der Waals surface area contributed by atoms with Crippen LogP contribution in [0.5, 0.6) is 0 Å². The fourth-order valence-electron chi connectivity index (χ4n) is 9.69. The lowest BCUT2D eigenvalue weighted by atomic mass is 9.81. The predicted octanol–water partition coefficient (Wildman–Crippen LogP) is 12.0. The number of fused-ring (bicyclic) bond motifs is 7. The zero-order valence-corrected chi connectivity index (χ0v) is 29.6. The van der Waals surface area contributed by atoms with E-state index in [1.165, 1.54) is 90.9 Å². The van der Waals surface area contributed by atoms with Crippen molar-refractivity contribution in [3.63, 3.8) is 0 Å². The minimum absolute atomic E-state index is 0.0381. The number of allylic oxidation sites excluding steroid dienone is 2. The standard InChI is InChI=1S/C49H44N2/c1-49(2)43-30-33(22-26-40(43)41-27-25-38(32-44(41)49)50-29-11-15-35-12-3-8-18-45(35)50)21-23-34-24-28-48(42-17-7-6-16-39(34)42)51-46-19-9-4-13-36(46)31-37-14-5-10-20-47(37)51/h3-10,12-14,16-20,22,24-28,30,32,35,45H,11,15,21,23,29,31H2,1-2H3. The van der Waals surface area contributed by atoms with E-state index < -0.39 is 0 Å². The first kappa shape index (κ1) is 30.5. The first-order valence-electron chi connectivity index (χ1n) is 18.9. The Hall–Kier alpha value is -5.34. The van der Waals surface area contributed by atoms with Gasteiger partial charge in [-0.05, 0) is 106 Å². The Balaban J connectivity index is 0.949. The molecule has 0 N–H and O–H groups in total. The van der Waals surface area contributed by atoms with Crippen LogP contribution in [0.1, 0.15) is 60.1 Å². The van der Waals surface area contributed by atoms with Crippen LogP contribution in [0, 0.1) is 5.92 Å². The Morgan fingerprint density at radius 3 is 2.12 bits per heavy atom. The zero-order valence-electron chi connectivity index (χ0n) is 29.6. The van der Waals surface area contributed by atoms with E-state index in [1.807, 2.05) is 0 Å². The smallest absolute Gasteiger partial charge is 0.0540 e. The molecule has 6 aromatic rings. The highest BCUT2D eigenvalue weighted by atomic mass is 15.2. The molecule has 1 fully saturated rings. The highest BCUT2D eigenvalue weighted by Crippen LogP contribution is 2.51. The van der Waals surface area contributed by atoms with Gasteiger partial charge in [0.15, 0.2) is 0 Å². The normalized spacial score (nSPS) is 19.3. The van der Waals surface area contributed by atoms with Crippen LogP contribution in [0.4, 0.5) is 22.7 Å². The molecule has 2 aliphatic carbocycles. The van der Waals surface area contributed by atoms with Gasteiger partial charge < -0.3 is 9.80 Å². The third-order valence-corrected chi connectivity index (χ3v) is 12.3. The van der Waals surface area contributed by atoms with Gasteiger partial charge in [-0.3, -0.25) is 0 Å². The fraction of sp³-hybridized carbons (Fsp3) is 0.224. The molecule has 51 heavy (non-hydrogen) atoms. The minimum atomic E-state index is -0.0381. The fourth-order valence-corrected chi connectivity index (χ4v) is 9.69. The number of benzene rings is 6. The van der Waals surface area contributed by atoms with Gasteiger partial charge in [0.25, 0.3) is 0 Å². The van der Waals surface area contributed by atoms with E-state index in [2.05, 4.69) is 169 Å². The SMILES string of the molecule is CC1(C)c2cc(CCc3ccc(N4c5ccccc5Cc5ccccc54)c4ccccc34)ccc2-c2ccc(N3CCCC4C=CC=CC43)cc21. The molecule has 0 spiro atoms. The van der Waals surface area contributed by atoms with Gasteiger partial charge in [0.2, 0.25) is 0 Å². The molecule has 0 aromatic heterocycles. The van der Waals surface area contributed by atoms with Gasteiger partial charge in [0.1, 0.15) is 0 Å². The molecular formula is C49H44N2. The van der Waals surface area contributed by atoms with E-state index in [9.17, 15) is 0 Å². The molecule has 0 bridgehead atoms. The Bertz CT molecular complexity index is 2350. The van der Waals surface area contributed by atoms with E-state index in [4.69, 9.17) is 0 Å². The predicted molar refractivity (Wildman–Crippen MR) is 215 cm³/mol. The third kappa shape index (κ3) is 4.91. The van der Waals surface area contributed by atoms with Crippen molar-refractivity contribution in [1.82, 2.24) is 0 Å². The molecule has 1 saturated heterocycles. The molecule has 0 radical (unpaired) electrons. The molecule has 2 nitrogen and oxygen atoms in total. The molecule has 2 atom stereocenters. The summed E-state index contributed by atoms with van der Waals surface area (Å²) in [6.45, 7) is 5.98. The molecule has 6 aromatic carbocycles. The number of hydrogen-bond acceptors (Lipinski definition) is 2. The average Bonchev–Trinajstić information content (AvgIpc) is 3.40. The quantitative estimate of drug-likeness (QED) is 0.181. The molecular weight excluding hydrogens is 617 g/mol. The average molecular weight is 661 g/mol. The Morgan fingerprint density at radius 2 is 1.31 bits per heavy atom. The highest BCUT2D eigenvalue weighted by Gasteiger charge is 2.37. The summed E-state index contributed by atoms with van der Waals surface area (Å²) < 4.78 is 0. The zero-order chi connectivity index (χ0) is 34.1. The molecule has 2 unspecified atom stereocenters. The number of rotatable bonds is 5. The van der Waals surface area contributed by atoms with Crippen molar-refractivity contribution in [2.24, 2.45) is 5.92 Å². The number of piperidine rings is 1. The summed E-state index contributed by atoms with van der Waals surface area (Å²) in [5.41, 5.74) is 16.5. The van der Waals surface area contributed by atoms with Gasteiger partial charge in [-0.2, -0.15) is 0 Å². The van der Waals surface area contributed by atoms with E-state index in [1.54, 1.807) is 0 Å². The number of para-hydroxylation sites is 2. The van der Waals surface area contributed by atoms with Crippen molar-refractivity contribution in [2.45, 2.75) is 57.4 Å². The maximum absolute atomic E-state index is 2.65. The van der Waals surface area contributed by atoms with Crippen molar-refractivity contribution >= 4 is 33.5 Å². The molecule has 0 amide bonds. The monoisotopic (exact) mass is 660 g/mol. The molecule has 250 valence electrons. The van der Waals surface area contributed by atoms with Crippen LogP contribution >= 0.6 is 0 Å². The summed E-state index contributed by atoms with van der Waals surface area (Å²) in [5.74, 6) is 0.622. The number of nitrogens with zero attached hydrogens (tertiary/aromatic N) is 2. The Morgan fingerprint density at radius 1 is 0.627 bits per heavy atom. The third-order valence-electron chi connectivity index (χ3n) is 12.3. The van der Waals surface area contributed by atoms with Crippen molar-refractivity contribution in [3.8, 4) is 11.1 Å². The van der Waals surface area contributed by atoms with Crippen molar-refractivity contribution in [1.29, 1.82) is 0 Å². The van der Waals surface area contributed by atoms with Crippen LogP contribution in [0.25, 0.3) is 21.9 Å². The van der Waals surface area contributed by atoms with Crippen molar-refractivity contribution < 1.29 is 0 Å². The van der Waals surface area contributed by atoms with Crippen LogP contribution in [0.3, 0.4) is 0 Å². The highest BCUT2D eigenvalue weighted by molar-refractivity contribution is 6.01. The number of aryl methyl sites for hydroxylation is 2. The lowest BCUT2D eigenvalue weighted by molar-refractivity contribution is 0.421. The van der Waals surface area contributed by atoms with Gasteiger partial charge in [0.05, 0.1) is 11.7 Å². The second kappa shape index (κ2) is 11.9. The second-order valence-corrected chi connectivity index (χ2v) is 15.6. The molecule has 10 rings (SSSR count). The van der Waals surface area contributed by atoms with Crippen LogP contribution in [-0.2, 0) is 24.7 Å². The second-order valence-electron chi connectivity index (χ2n) is 15.6. The number of hydrogen-bond donors (Lipinski definition) is 0. The summed E-state index contributed by atoms with van der Waals surface area (Å²) >= 11 is 0. The summed E-state index contributed by atoms with van der Waals surface area (Å²) in [6.07, 6.45) is 14.8. The molecule has 0 saturated carbocycles. The molecule has 2 aliphatic heterocycles. The minimum Gasteiger partial charge on any atom is -0.364 e. The lowest BCUT2D eigenvalue weighted by Crippen LogP contribution is -2.44. The van der Waals surface area contributed by atoms with Gasteiger partial charge in [-0.15, -0.1) is 0 Å². The maximum Gasteiger partial charge on any atom is 0.0540 e. The topological polar surface area (TPSA) is 6.48 Å². The van der Waals surface area contributed by atoms with Gasteiger partial charge in [-0.25, -0.2) is 0 Å².